The van der Waals surface area contributed by atoms with Crippen molar-refractivity contribution in [3.63, 3.8) is 0 Å². The number of piperidine rings is 1. The van der Waals surface area contributed by atoms with E-state index in [0.717, 1.165) is 32.4 Å². The van der Waals surface area contributed by atoms with Gasteiger partial charge in [0, 0.05) is 18.6 Å². The van der Waals surface area contributed by atoms with Crippen molar-refractivity contribution in [3.05, 3.63) is 0 Å². The Kier molecular flexibility index (Phi) is 4.66. The largest absolute Gasteiger partial charge is 0.335 e. The number of likely N-dealkylation sites (tertiary alicyclic amines) is 1. The van der Waals surface area contributed by atoms with Crippen LogP contribution in [0.1, 0.15) is 44.9 Å². The van der Waals surface area contributed by atoms with Crippen LogP contribution in [0.2, 0.25) is 0 Å². The Balaban J connectivity index is 1.68. The lowest BCUT2D eigenvalue weighted by Gasteiger charge is -2.31. The number of hydrogen-bond acceptors (Lipinski definition) is 2. The summed E-state index contributed by atoms with van der Waals surface area (Å²) in [6.07, 6.45) is 8.45. The highest BCUT2D eigenvalue weighted by Crippen LogP contribution is 2.17. The van der Waals surface area contributed by atoms with E-state index in [0.29, 0.717) is 12.1 Å². The number of urea groups is 1. The van der Waals surface area contributed by atoms with Gasteiger partial charge in [-0.3, -0.25) is 0 Å². The normalized spacial score (nSPS) is 27.7. The van der Waals surface area contributed by atoms with E-state index >= 15 is 0 Å². The Morgan fingerprint density at radius 2 is 1.65 bits per heavy atom. The molecule has 1 saturated carbocycles. The van der Waals surface area contributed by atoms with E-state index in [1.807, 2.05) is 0 Å². The first-order chi connectivity index (χ1) is 8.24. The van der Waals surface area contributed by atoms with Crippen LogP contribution in [-0.2, 0) is 0 Å². The molecule has 0 spiro atoms. The molecule has 2 aliphatic rings. The first-order valence-corrected chi connectivity index (χ1v) is 6.99. The van der Waals surface area contributed by atoms with Crippen molar-refractivity contribution < 1.29 is 4.79 Å². The first-order valence-electron chi connectivity index (χ1n) is 6.99. The second-order valence-corrected chi connectivity index (χ2v) is 5.55. The second kappa shape index (κ2) is 6.24. The highest BCUT2D eigenvalue weighted by Gasteiger charge is 2.21. The molecule has 0 unspecified atom stereocenters. The molecule has 0 aromatic carbocycles. The molecule has 1 saturated heterocycles. The highest BCUT2D eigenvalue weighted by atomic mass is 16.2. The predicted octanol–water partition coefficient (Wildman–Crippen LogP) is 1.71. The molecule has 2 amide bonds. The summed E-state index contributed by atoms with van der Waals surface area (Å²) in [5.74, 6) is 0. The monoisotopic (exact) mass is 239 g/mol. The average Bonchev–Trinajstić information content (AvgIpc) is 2.30. The third-order valence-corrected chi connectivity index (χ3v) is 3.90. The van der Waals surface area contributed by atoms with Gasteiger partial charge in [0.25, 0.3) is 0 Å². The van der Waals surface area contributed by atoms with Crippen LogP contribution in [0.5, 0.6) is 0 Å². The van der Waals surface area contributed by atoms with Crippen molar-refractivity contribution in [2.24, 2.45) is 0 Å². The number of nitrogens with zero attached hydrogens (tertiary/aromatic N) is 1. The number of rotatable bonds is 2. The zero-order valence-corrected chi connectivity index (χ0v) is 10.9. The van der Waals surface area contributed by atoms with Gasteiger partial charge in [-0.25, -0.2) is 4.79 Å². The lowest BCUT2D eigenvalue weighted by molar-refractivity contribution is 0.204. The van der Waals surface area contributed by atoms with Gasteiger partial charge >= 0.3 is 6.03 Å². The molecule has 2 fully saturated rings. The minimum Gasteiger partial charge on any atom is -0.335 e. The molecular formula is C13H25N3O. The van der Waals surface area contributed by atoms with Crippen molar-refractivity contribution in [2.45, 2.75) is 57.0 Å². The Morgan fingerprint density at radius 3 is 2.35 bits per heavy atom. The van der Waals surface area contributed by atoms with E-state index in [1.54, 1.807) is 0 Å². The van der Waals surface area contributed by atoms with E-state index in [1.165, 1.54) is 25.7 Å². The van der Waals surface area contributed by atoms with Gasteiger partial charge in [-0.2, -0.15) is 0 Å². The van der Waals surface area contributed by atoms with Gasteiger partial charge in [0.2, 0.25) is 0 Å². The Bertz CT molecular complexity index is 251. The van der Waals surface area contributed by atoms with Crippen LogP contribution in [0.15, 0.2) is 0 Å². The minimum absolute atomic E-state index is 0.0391. The summed E-state index contributed by atoms with van der Waals surface area (Å²) in [5, 5.41) is 6.22. The van der Waals surface area contributed by atoms with Gasteiger partial charge in [-0.05, 0) is 39.3 Å². The molecule has 1 aliphatic heterocycles. The molecule has 0 bridgehead atoms. The lowest BCUT2D eigenvalue weighted by Crippen LogP contribution is -2.51. The summed E-state index contributed by atoms with van der Waals surface area (Å²) in [4.78, 5) is 14.1. The van der Waals surface area contributed by atoms with E-state index in [4.69, 9.17) is 0 Å². The molecule has 0 radical (unpaired) electrons. The number of hydrogen-bond donors (Lipinski definition) is 2. The zero-order chi connectivity index (χ0) is 12.1. The minimum atomic E-state index is 0.0391. The Labute approximate surface area is 104 Å². The van der Waals surface area contributed by atoms with Gasteiger partial charge in [-0.1, -0.05) is 19.3 Å². The third-order valence-electron chi connectivity index (χ3n) is 3.90. The molecule has 98 valence electrons. The van der Waals surface area contributed by atoms with Crippen LogP contribution in [0.3, 0.4) is 0 Å². The average molecular weight is 239 g/mol. The molecule has 1 aliphatic carbocycles. The van der Waals surface area contributed by atoms with Crippen molar-refractivity contribution in [1.29, 1.82) is 0 Å². The fourth-order valence-corrected chi connectivity index (χ4v) is 2.94. The van der Waals surface area contributed by atoms with Crippen molar-refractivity contribution in [3.8, 4) is 0 Å². The zero-order valence-electron chi connectivity index (χ0n) is 10.9. The summed E-state index contributed by atoms with van der Waals surface area (Å²) in [5.41, 5.74) is 0. The van der Waals surface area contributed by atoms with Gasteiger partial charge in [0.1, 0.15) is 0 Å². The quantitative estimate of drug-likeness (QED) is 0.770. The Hall–Kier alpha value is -0.770. The lowest BCUT2D eigenvalue weighted by atomic mass is 9.96. The van der Waals surface area contributed by atoms with E-state index in [2.05, 4.69) is 22.6 Å². The van der Waals surface area contributed by atoms with Gasteiger partial charge in [0.05, 0.1) is 0 Å². The first kappa shape index (κ1) is 12.7. The van der Waals surface area contributed by atoms with E-state index in [9.17, 15) is 4.79 Å². The second-order valence-electron chi connectivity index (χ2n) is 5.55. The van der Waals surface area contributed by atoms with Crippen LogP contribution in [0.25, 0.3) is 0 Å². The van der Waals surface area contributed by atoms with Crippen molar-refractivity contribution in [1.82, 2.24) is 15.5 Å². The van der Waals surface area contributed by atoms with Crippen LogP contribution in [0.4, 0.5) is 4.79 Å². The molecule has 1 atom stereocenters. The van der Waals surface area contributed by atoms with Crippen molar-refractivity contribution >= 4 is 6.03 Å². The summed E-state index contributed by atoms with van der Waals surface area (Å²) in [6.45, 7) is 2.14. The number of nitrogens with one attached hydrogen (secondary N) is 2. The summed E-state index contributed by atoms with van der Waals surface area (Å²) < 4.78 is 0. The fraction of sp³-hybridized carbons (Fsp3) is 0.923. The van der Waals surface area contributed by atoms with E-state index in [-0.39, 0.29) is 6.03 Å². The van der Waals surface area contributed by atoms with Crippen molar-refractivity contribution in [2.75, 3.05) is 20.1 Å². The number of amides is 2. The number of carbonyl (C=O) groups excluding carboxylic acids is 1. The van der Waals surface area contributed by atoms with Crippen LogP contribution in [0, 0.1) is 0 Å². The molecule has 0 aromatic heterocycles. The molecule has 1 heterocycles. The van der Waals surface area contributed by atoms with Crippen LogP contribution >= 0.6 is 0 Å². The fourth-order valence-electron chi connectivity index (χ4n) is 2.94. The number of carbonyl (C=O) groups is 1. The highest BCUT2D eigenvalue weighted by molar-refractivity contribution is 5.74. The maximum absolute atomic E-state index is 11.8. The van der Waals surface area contributed by atoms with Crippen LogP contribution < -0.4 is 10.6 Å². The van der Waals surface area contributed by atoms with Crippen LogP contribution in [-0.4, -0.2) is 43.2 Å². The van der Waals surface area contributed by atoms with Gasteiger partial charge in [-0.15, -0.1) is 0 Å². The Morgan fingerprint density at radius 1 is 1.00 bits per heavy atom. The van der Waals surface area contributed by atoms with E-state index < -0.39 is 0 Å². The maximum Gasteiger partial charge on any atom is 0.315 e. The molecule has 2 rings (SSSR count). The molecule has 0 aromatic rings. The molecule has 17 heavy (non-hydrogen) atoms. The smallest absolute Gasteiger partial charge is 0.315 e. The van der Waals surface area contributed by atoms with Gasteiger partial charge < -0.3 is 15.5 Å². The molecule has 2 N–H and O–H groups in total. The predicted molar refractivity (Wildman–Crippen MR) is 69.1 cm³/mol. The number of likely N-dealkylation sites (N-methyl/N-ethyl adjacent to an activating group) is 1. The molecule has 4 nitrogen and oxygen atoms in total. The third kappa shape index (κ3) is 4.19. The SMILES string of the molecule is CN1CCC[C@@H](NC(=O)NC2CCCCC2)C1. The summed E-state index contributed by atoms with van der Waals surface area (Å²) in [7, 11) is 2.12. The summed E-state index contributed by atoms with van der Waals surface area (Å²) >= 11 is 0. The van der Waals surface area contributed by atoms with Gasteiger partial charge in [0.15, 0.2) is 0 Å². The molecule has 4 heteroatoms. The standard InChI is InChI=1S/C13H25N3O/c1-16-9-5-8-12(10-16)15-13(17)14-11-6-3-2-4-7-11/h11-12H,2-10H2,1H3,(H2,14,15,17)/t12-/m1/s1. The molecular weight excluding hydrogens is 214 g/mol. The topological polar surface area (TPSA) is 44.4 Å². The maximum atomic E-state index is 11.8. The summed E-state index contributed by atoms with van der Waals surface area (Å²) in [6, 6.07) is 0.777.